The highest BCUT2D eigenvalue weighted by molar-refractivity contribution is 5.76. The van der Waals surface area contributed by atoms with E-state index in [9.17, 15) is 9.59 Å². The number of carbonyl (C=O) groups excluding carboxylic acids is 2. The molecule has 1 atom stereocenters. The number of allylic oxidation sites excluding steroid dienone is 2. The van der Waals surface area contributed by atoms with Gasteiger partial charge in [-0.15, -0.1) is 0 Å². The van der Waals surface area contributed by atoms with Gasteiger partial charge in [-0.05, 0) is 58.3 Å². The highest BCUT2D eigenvalue weighted by Crippen LogP contribution is 2.24. The zero-order chi connectivity index (χ0) is 17.7. The zero-order valence-electron chi connectivity index (χ0n) is 15.6. The van der Waals surface area contributed by atoms with E-state index in [2.05, 4.69) is 12.2 Å². The minimum absolute atomic E-state index is 0.269. The Kier molecular flexibility index (Phi) is 6.30. The van der Waals surface area contributed by atoms with Crippen LogP contribution in [0.25, 0.3) is 0 Å². The first-order valence-electron chi connectivity index (χ1n) is 9.13. The van der Waals surface area contributed by atoms with Crippen LogP contribution in [-0.4, -0.2) is 54.1 Å². The molecule has 2 amide bonds. The van der Waals surface area contributed by atoms with Gasteiger partial charge in [0.05, 0.1) is 0 Å². The predicted molar refractivity (Wildman–Crippen MR) is 94.6 cm³/mol. The summed E-state index contributed by atoms with van der Waals surface area (Å²) >= 11 is 0. The monoisotopic (exact) mass is 336 g/mol. The Morgan fingerprint density at radius 3 is 2.42 bits per heavy atom. The Bertz CT molecular complexity index is 473. The van der Waals surface area contributed by atoms with Crippen LogP contribution in [0.2, 0.25) is 0 Å². The summed E-state index contributed by atoms with van der Waals surface area (Å²) in [6.45, 7) is 7.94. The molecule has 0 aromatic carbocycles. The Balaban J connectivity index is 1.71. The maximum Gasteiger partial charge on any atom is 0.410 e. The predicted octanol–water partition coefficient (Wildman–Crippen LogP) is 3.45. The molecule has 1 saturated heterocycles. The number of ether oxygens (including phenoxy) is 1. The molecule has 0 radical (unpaired) electrons. The van der Waals surface area contributed by atoms with Crippen LogP contribution in [0.15, 0.2) is 12.2 Å². The minimum Gasteiger partial charge on any atom is -0.444 e. The fourth-order valence-electron chi connectivity index (χ4n) is 3.39. The average molecular weight is 336 g/mol. The average Bonchev–Trinajstić information content (AvgIpc) is 2.99. The Morgan fingerprint density at radius 1 is 1.21 bits per heavy atom. The molecule has 1 aliphatic carbocycles. The van der Waals surface area contributed by atoms with Crippen LogP contribution in [0.5, 0.6) is 0 Å². The van der Waals surface area contributed by atoms with E-state index in [-0.39, 0.29) is 12.0 Å². The largest absolute Gasteiger partial charge is 0.444 e. The van der Waals surface area contributed by atoms with Gasteiger partial charge >= 0.3 is 6.09 Å². The number of piperidine rings is 1. The number of likely N-dealkylation sites (tertiary alicyclic amines) is 1. The molecule has 2 aliphatic rings. The molecule has 0 N–H and O–H groups in total. The van der Waals surface area contributed by atoms with Gasteiger partial charge in [0, 0.05) is 33.1 Å². The van der Waals surface area contributed by atoms with Crippen molar-refractivity contribution >= 4 is 12.0 Å². The van der Waals surface area contributed by atoms with Crippen molar-refractivity contribution in [2.45, 2.75) is 58.5 Å². The van der Waals surface area contributed by atoms with Crippen LogP contribution in [-0.2, 0) is 9.53 Å². The Hall–Kier alpha value is -1.52. The third-order valence-corrected chi connectivity index (χ3v) is 4.75. The normalized spacial score (nSPS) is 21.8. The molecule has 0 unspecified atom stereocenters. The molecule has 24 heavy (non-hydrogen) atoms. The third-order valence-electron chi connectivity index (χ3n) is 4.75. The number of nitrogens with zero attached hydrogens (tertiary/aromatic N) is 2. The fourth-order valence-corrected chi connectivity index (χ4v) is 3.39. The summed E-state index contributed by atoms with van der Waals surface area (Å²) < 4.78 is 5.39. The summed E-state index contributed by atoms with van der Waals surface area (Å²) in [7, 11) is 1.79. The van der Waals surface area contributed by atoms with Crippen LogP contribution in [0, 0.1) is 11.8 Å². The zero-order valence-corrected chi connectivity index (χ0v) is 15.6. The van der Waals surface area contributed by atoms with Gasteiger partial charge in [-0.1, -0.05) is 12.2 Å². The second kappa shape index (κ2) is 8.04. The molecule has 0 aromatic heterocycles. The second-order valence-electron chi connectivity index (χ2n) is 8.15. The summed E-state index contributed by atoms with van der Waals surface area (Å²) in [5, 5.41) is 0. The van der Waals surface area contributed by atoms with Gasteiger partial charge in [-0.3, -0.25) is 4.79 Å². The smallest absolute Gasteiger partial charge is 0.410 e. The molecule has 2 rings (SSSR count). The molecule has 1 aliphatic heterocycles. The lowest BCUT2D eigenvalue weighted by Crippen LogP contribution is -2.43. The van der Waals surface area contributed by atoms with E-state index in [0.717, 1.165) is 38.8 Å². The molecular formula is C19H32N2O3. The lowest BCUT2D eigenvalue weighted by molar-refractivity contribution is -0.133. The van der Waals surface area contributed by atoms with Crippen LogP contribution < -0.4 is 0 Å². The summed E-state index contributed by atoms with van der Waals surface area (Å²) in [5.41, 5.74) is -0.462. The summed E-state index contributed by atoms with van der Waals surface area (Å²) in [6, 6.07) is 0. The molecule has 0 saturated carbocycles. The summed E-state index contributed by atoms with van der Waals surface area (Å²) in [5.74, 6) is 1.16. The van der Waals surface area contributed by atoms with E-state index in [1.807, 2.05) is 25.7 Å². The van der Waals surface area contributed by atoms with E-state index in [0.29, 0.717) is 24.8 Å². The third kappa shape index (κ3) is 5.84. The Labute approximate surface area is 146 Å². The summed E-state index contributed by atoms with van der Waals surface area (Å²) in [6.07, 6.45) is 8.88. The number of amides is 2. The van der Waals surface area contributed by atoms with Gasteiger partial charge < -0.3 is 14.5 Å². The molecule has 0 bridgehead atoms. The quantitative estimate of drug-likeness (QED) is 0.739. The van der Waals surface area contributed by atoms with Crippen molar-refractivity contribution in [3.05, 3.63) is 12.2 Å². The number of hydrogen-bond acceptors (Lipinski definition) is 3. The number of rotatable bonds is 4. The first-order chi connectivity index (χ1) is 11.2. The fraction of sp³-hybridized carbons (Fsp3) is 0.789. The van der Waals surface area contributed by atoms with Crippen molar-refractivity contribution in [3.63, 3.8) is 0 Å². The van der Waals surface area contributed by atoms with Gasteiger partial charge in [0.15, 0.2) is 0 Å². The molecule has 5 heteroatoms. The van der Waals surface area contributed by atoms with E-state index >= 15 is 0 Å². The SMILES string of the molecule is CN(CC1CCN(C(=O)C[C@H]2C=CCC2)CC1)C(=O)OC(C)(C)C. The maximum atomic E-state index is 12.4. The maximum absolute atomic E-state index is 12.4. The Morgan fingerprint density at radius 2 is 1.88 bits per heavy atom. The van der Waals surface area contributed by atoms with E-state index in [1.54, 1.807) is 11.9 Å². The van der Waals surface area contributed by atoms with Gasteiger partial charge in [-0.2, -0.15) is 0 Å². The molecule has 1 heterocycles. The lowest BCUT2D eigenvalue weighted by Gasteiger charge is -2.34. The molecule has 1 fully saturated rings. The van der Waals surface area contributed by atoms with E-state index < -0.39 is 5.60 Å². The molecule has 136 valence electrons. The van der Waals surface area contributed by atoms with Crippen molar-refractivity contribution in [2.75, 3.05) is 26.7 Å². The van der Waals surface area contributed by atoms with Crippen molar-refractivity contribution in [3.8, 4) is 0 Å². The van der Waals surface area contributed by atoms with Crippen molar-refractivity contribution < 1.29 is 14.3 Å². The second-order valence-corrected chi connectivity index (χ2v) is 8.15. The lowest BCUT2D eigenvalue weighted by atomic mass is 9.95. The highest BCUT2D eigenvalue weighted by Gasteiger charge is 2.27. The summed E-state index contributed by atoms with van der Waals surface area (Å²) in [4.78, 5) is 28.0. The highest BCUT2D eigenvalue weighted by atomic mass is 16.6. The molecule has 0 aromatic rings. The van der Waals surface area contributed by atoms with Crippen molar-refractivity contribution in [1.82, 2.24) is 9.80 Å². The first kappa shape index (κ1) is 18.8. The topological polar surface area (TPSA) is 49.9 Å². The number of hydrogen-bond donors (Lipinski definition) is 0. The first-order valence-corrected chi connectivity index (χ1v) is 9.13. The van der Waals surface area contributed by atoms with Gasteiger partial charge in [0.25, 0.3) is 0 Å². The standard InChI is InChI=1S/C19H32N2O3/c1-19(2,3)24-18(23)20(4)14-16-9-11-21(12-10-16)17(22)13-15-7-5-6-8-15/h5,7,15-16H,6,8-14H2,1-4H3/t15-/m0/s1. The van der Waals surface area contributed by atoms with Crippen LogP contribution in [0.3, 0.4) is 0 Å². The van der Waals surface area contributed by atoms with Crippen LogP contribution >= 0.6 is 0 Å². The molecular weight excluding hydrogens is 304 g/mol. The van der Waals surface area contributed by atoms with Crippen molar-refractivity contribution in [2.24, 2.45) is 11.8 Å². The van der Waals surface area contributed by atoms with Gasteiger partial charge in [0.1, 0.15) is 5.60 Å². The van der Waals surface area contributed by atoms with Gasteiger partial charge in [-0.25, -0.2) is 4.79 Å². The van der Waals surface area contributed by atoms with Crippen LogP contribution in [0.1, 0.15) is 52.9 Å². The number of carbonyl (C=O) groups is 2. The van der Waals surface area contributed by atoms with Crippen LogP contribution in [0.4, 0.5) is 4.79 Å². The minimum atomic E-state index is -0.462. The molecule has 0 spiro atoms. The van der Waals surface area contributed by atoms with Crippen molar-refractivity contribution in [1.29, 1.82) is 0 Å². The van der Waals surface area contributed by atoms with E-state index in [1.165, 1.54) is 0 Å². The van der Waals surface area contributed by atoms with Gasteiger partial charge in [0.2, 0.25) is 5.91 Å². The molecule has 5 nitrogen and oxygen atoms in total. The van der Waals surface area contributed by atoms with E-state index in [4.69, 9.17) is 4.74 Å².